The van der Waals surface area contributed by atoms with Gasteiger partial charge in [0.15, 0.2) is 0 Å². The summed E-state index contributed by atoms with van der Waals surface area (Å²) in [4.78, 5) is 5.42. The van der Waals surface area contributed by atoms with Crippen molar-refractivity contribution in [2.75, 3.05) is 4.90 Å². The van der Waals surface area contributed by atoms with E-state index in [1.165, 1.54) is 141 Å². The lowest BCUT2D eigenvalue weighted by Crippen LogP contribution is -2.60. The second-order valence-corrected chi connectivity index (χ2v) is 26.9. The largest absolute Gasteiger partial charge is 0.310 e. The minimum absolute atomic E-state index is 0.0188. The van der Waals surface area contributed by atoms with E-state index in [1.807, 2.05) is 23.1 Å². The Balaban J connectivity index is 1.06. The van der Waals surface area contributed by atoms with Crippen LogP contribution in [0, 0.1) is 0 Å². The number of anilines is 3. The second kappa shape index (κ2) is 17.0. The molecule has 374 valence electrons. The monoisotopic (exact) mass is 1020 g/mol. The molecular formula is C70H64BN3S2. The summed E-state index contributed by atoms with van der Waals surface area (Å²) in [6, 6.07) is 66.2. The summed E-state index contributed by atoms with van der Waals surface area (Å²) >= 11 is 3.93. The van der Waals surface area contributed by atoms with E-state index in [2.05, 4.69) is 253 Å². The van der Waals surface area contributed by atoms with Crippen molar-refractivity contribution in [3.63, 3.8) is 0 Å². The molecule has 76 heavy (non-hydrogen) atoms. The Morgan fingerprint density at radius 2 is 1.01 bits per heavy atom. The molecule has 0 unspecified atom stereocenters. The molecule has 0 fully saturated rings. The molecule has 2 aliphatic heterocycles. The number of nitrogens with zero attached hydrogens (tertiary/aromatic N) is 3. The maximum Gasteiger partial charge on any atom is 0.249 e. The maximum atomic E-state index is 2.75. The molecule has 0 bridgehead atoms. The highest BCUT2D eigenvalue weighted by Gasteiger charge is 2.43. The van der Waals surface area contributed by atoms with E-state index in [-0.39, 0.29) is 23.0 Å². The number of hydrogen-bond acceptors (Lipinski definition) is 3. The van der Waals surface area contributed by atoms with Gasteiger partial charge in [0.2, 0.25) is 6.71 Å². The van der Waals surface area contributed by atoms with Crippen LogP contribution in [-0.2, 0) is 22.7 Å². The third-order valence-corrected chi connectivity index (χ3v) is 19.2. The van der Waals surface area contributed by atoms with Crippen molar-refractivity contribution < 1.29 is 0 Å². The highest BCUT2D eigenvalue weighted by molar-refractivity contribution is 8.00. The molecule has 0 atom stereocenters. The number of aromatic nitrogens is 2. The van der Waals surface area contributed by atoms with Gasteiger partial charge in [-0.05, 0) is 141 Å². The van der Waals surface area contributed by atoms with E-state index < -0.39 is 0 Å². The smallest absolute Gasteiger partial charge is 0.249 e. The lowest BCUT2D eigenvalue weighted by atomic mass is 9.34. The van der Waals surface area contributed by atoms with Crippen molar-refractivity contribution in [2.24, 2.45) is 0 Å². The average molecular weight is 1020 g/mol. The fraction of sp³-hybridized carbons (Fsp3) is 0.229. The summed E-state index contributed by atoms with van der Waals surface area (Å²) in [6.07, 6.45) is 3.27. The fourth-order valence-electron chi connectivity index (χ4n) is 12.7. The molecule has 9 aromatic carbocycles. The molecule has 3 nitrogen and oxygen atoms in total. The van der Waals surface area contributed by atoms with Crippen molar-refractivity contribution in [1.82, 2.24) is 9.13 Å². The quantitative estimate of drug-likeness (QED) is 0.154. The topological polar surface area (TPSA) is 13.1 Å². The molecule has 0 radical (unpaired) electrons. The Hall–Kier alpha value is -6.99. The average Bonchev–Trinajstić information content (AvgIpc) is 4.13. The van der Waals surface area contributed by atoms with E-state index in [1.54, 1.807) is 0 Å². The van der Waals surface area contributed by atoms with Crippen LogP contribution >= 0.6 is 23.1 Å². The summed E-state index contributed by atoms with van der Waals surface area (Å²) in [5.41, 5.74) is 20.8. The summed E-state index contributed by atoms with van der Waals surface area (Å²) < 4.78 is 7.74. The van der Waals surface area contributed by atoms with Crippen LogP contribution in [-0.4, -0.2) is 15.8 Å². The van der Waals surface area contributed by atoms with Gasteiger partial charge in [0.1, 0.15) is 0 Å². The number of benzene rings is 9. The van der Waals surface area contributed by atoms with Gasteiger partial charge in [0, 0.05) is 69.6 Å². The highest BCUT2D eigenvalue weighted by atomic mass is 32.2. The zero-order chi connectivity index (χ0) is 52.2. The van der Waals surface area contributed by atoms with Crippen LogP contribution in [0.25, 0.3) is 75.2 Å². The van der Waals surface area contributed by atoms with Gasteiger partial charge in [-0.2, -0.15) is 0 Å². The minimum Gasteiger partial charge on any atom is -0.310 e. The van der Waals surface area contributed by atoms with E-state index >= 15 is 0 Å². The third-order valence-electron chi connectivity index (χ3n) is 16.8. The van der Waals surface area contributed by atoms with E-state index in [9.17, 15) is 0 Å². The van der Waals surface area contributed by atoms with Crippen molar-refractivity contribution in [3.05, 3.63) is 192 Å². The van der Waals surface area contributed by atoms with Crippen LogP contribution in [0.15, 0.2) is 180 Å². The molecule has 3 aromatic heterocycles. The number of rotatable bonds is 6. The molecule has 2 aliphatic rings. The minimum atomic E-state index is -0.101. The summed E-state index contributed by atoms with van der Waals surface area (Å²) in [5, 5.41) is 7.85. The first kappa shape index (κ1) is 47.5. The first-order valence-electron chi connectivity index (χ1n) is 27.5. The van der Waals surface area contributed by atoms with Crippen LogP contribution in [0.4, 0.5) is 17.1 Å². The molecule has 5 heterocycles. The molecule has 12 aromatic rings. The Morgan fingerprint density at radius 1 is 0.447 bits per heavy atom. The molecule has 6 heteroatoms. The van der Waals surface area contributed by atoms with Gasteiger partial charge in [-0.25, -0.2) is 0 Å². The van der Waals surface area contributed by atoms with Crippen LogP contribution in [0.1, 0.15) is 104 Å². The zero-order valence-corrected chi connectivity index (χ0v) is 47.2. The lowest BCUT2D eigenvalue weighted by Gasteiger charge is -2.42. The van der Waals surface area contributed by atoms with Gasteiger partial charge in [-0.3, -0.25) is 0 Å². The van der Waals surface area contributed by atoms with Crippen LogP contribution in [0.2, 0.25) is 0 Å². The number of fused-ring (bicyclic) bond motifs is 13. The highest BCUT2D eigenvalue weighted by Crippen LogP contribution is 2.51. The van der Waals surface area contributed by atoms with E-state index in [0.717, 1.165) is 19.3 Å². The summed E-state index contributed by atoms with van der Waals surface area (Å²) in [7, 11) is 0. The van der Waals surface area contributed by atoms with Crippen molar-refractivity contribution in [1.29, 1.82) is 0 Å². The fourth-order valence-corrected chi connectivity index (χ4v) is 15.2. The first-order valence-corrected chi connectivity index (χ1v) is 29.1. The third kappa shape index (κ3) is 7.23. The summed E-state index contributed by atoms with van der Waals surface area (Å²) in [5.74, 6) is 0. The SMILES string of the molecule is CCCCc1ccc2c(sc3ccccc32)c1N1c2cc(-n3c4ccccc4c4cc(C(C)(C)C)ccc43)ccc2B2c3ccc(-n4c5ccccc5c5cc(C(C)(C)C)ccc54)cc3Sc3cc(C(C)(C)C)cc1c32. The predicted octanol–water partition coefficient (Wildman–Crippen LogP) is 18.2. The van der Waals surface area contributed by atoms with Gasteiger partial charge in [-0.1, -0.05) is 184 Å². The Bertz CT molecular complexity index is 4390. The summed E-state index contributed by atoms with van der Waals surface area (Å²) in [6.45, 7) is 23.4. The van der Waals surface area contributed by atoms with E-state index in [0.29, 0.717) is 0 Å². The molecular weight excluding hydrogens is 958 g/mol. The lowest BCUT2D eigenvalue weighted by molar-refractivity contribution is 0.589. The maximum absolute atomic E-state index is 2.75. The molecule has 0 aliphatic carbocycles. The second-order valence-electron chi connectivity index (χ2n) is 24.8. The van der Waals surface area contributed by atoms with Crippen molar-refractivity contribution in [2.45, 2.75) is 115 Å². The van der Waals surface area contributed by atoms with Gasteiger partial charge < -0.3 is 14.0 Å². The number of unbranched alkanes of at least 4 members (excludes halogenated alkanes) is 1. The number of hydrogen-bond donors (Lipinski definition) is 0. The van der Waals surface area contributed by atoms with E-state index in [4.69, 9.17) is 0 Å². The zero-order valence-electron chi connectivity index (χ0n) is 45.5. The van der Waals surface area contributed by atoms with Gasteiger partial charge in [0.25, 0.3) is 0 Å². The molecule has 14 rings (SSSR count). The number of aryl methyl sites for hydroxylation is 1. The number of para-hydroxylation sites is 2. The Labute approximate surface area is 456 Å². The van der Waals surface area contributed by atoms with Gasteiger partial charge >= 0.3 is 0 Å². The van der Waals surface area contributed by atoms with Gasteiger partial charge in [0.05, 0.1) is 32.5 Å². The molecule has 0 saturated heterocycles. The number of thiophene rings is 1. The molecule has 0 amide bonds. The van der Waals surface area contributed by atoms with Crippen LogP contribution in [0.5, 0.6) is 0 Å². The standard InChI is InChI=1S/C70H64BN3S2/c1-11-12-19-42-26-31-51-50-22-15-18-25-62(50)76-67(51)66(42)74-60-40-46(72-56-23-16-13-20-48(56)52-36-43(68(2,3)4)27-34-58(52)72)29-32-54(60)71-55-33-30-47(41-63(55)75-64-39-45(70(8,9)10)38-61(74)65(64)71)73-57-24-17-14-21-49(57)53-37-44(69(5,6)7)28-35-59(53)73/h13-18,20-41H,11-12,19H2,1-10H3. The molecule has 0 saturated carbocycles. The van der Waals surface area contributed by atoms with Crippen molar-refractivity contribution in [3.8, 4) is 11.4 Å². The van der Waals surface area contributed by atoms with Crippen LogP contribution in [0.3, 0.4) is 0 Å². The predicted molar refractivity (Wildman–Crippen MR) is 333 cm³/mol. The Morgan fingerprint density at radius 3 is 1.63 bits per heavy atom. The Kier molecular flexibility index (Phi) is 10.6. The first-order chi connectivity index (χ1) is 36.5. The van der Waals surface area contributed by atoms with Crippen molar-refractivity contribution >= 4 is 127 Å². The molecule has 0 spiro atoms. The van der Waals surface area contributed by atoms with Crippen LogP contribution < -0.4 is 21.3 Å². The normalized spacial score (nSPS) is 13.7. The molecule has 0 N–H and O–H groups in total. The van der Waals surface area contributed by atoms with Gasteiger partial charge in [-0.15, -0.1) is 11.3 Å².